The predicted octanol–water partition coefficient (Wildman–Crippen LogP) is 16.2. The van der Waals surface area contributed by atoms with Gasteiger partial charge < -0.3 is 14.6 Å². The number of carbonyl (C=O) groups is 2. The smallest absolute Gasteiger partial charge is 0.306 e. The quantitative estimate of drug-likeness (QED) is 0.0492. The maximum atomic E-state index is 12.3. The average Bonchev–Trinajstić information content (AvgIpc) is 3.19. The molecule has 0 aromatic carbocycles. The lowest BCUT2D eigenvalue weighted by atomic mass is 10.0. The first-order valence-corrected chi connectivity index (χ1v) is 25.1. The Labute approximate surface area is 344 Å². The fraction of sp³-hybridized carbons (Fsp3) is 0.960. The fourth-order valence-electron chi connectivity index (χ4n) is 7.85. The Kier molecular flexibility index (Phi) is 46.3. The van der Waals surface area contributed by atoms with Gasteiger partial charge >= 0.3 is 11.9 Å². The number of unbranched alkanes of at least 4 members (excludes halogenated alkanes) is 39. The number of aliphatic hydroxyl groups excluding tert-OH is 1. The van der Waals surface area contributed by atoms with E-state index in [9.17, 15) is 14.7 Å². The highest BCUT2D eigenvalue weighted by atomic mass is 16.6. The molecule has 1 atom stereocenters. The molecular weight excluding hydrogens is 681 g/mol. The molecule has 0 fully saturated rings. The third-order valence-corrected chi connectivity index (χ3v) is 11.7. The molecule has 55 heavy (non-hydrogen) atoms. The van der Waals surface area contributed by atoms with Crippen LogP contribution in [0, 0.1) is 0 Å². The molecule has 0 saturated carbocycles. The van der Waals surface area contributed by atoms with E-state index >= 15 is 0 Å². The van der Waals surface area contributed by atoms with Gasteiger partial charge in [0.05, 0.1) is 6.61 Å². The number of rotatable bonds is 47. The minimum atomic E-state index is -0.763. The molecule has 328 valence electrons. The summed E-state index contributed by atoms with van der Waals surface area (Å²) in [5.74, 6) is -0.567. The van der Waals surface area contributed by atoms with Crippen LogP contribution in [0.2, 0.25) is 0 Å². The van der Waals surface area contributed by atoms with Gasteiger partial charge in [0, 0.05) is 12.8 Å². The van der Waals surface area contributed by atoms with Gasteiger partial charge in [-0.1, -0.05) is 264 Å². The van der Waals surface area contributed by atoms with Crippen LogP contribution in [-0.4, -0.2) is 36.4 Å². The number of ether oxygens (including phenoxy) is 2. The Bertz CT molecular complexity index is 754. The zero-order chi connectivity index (χ0) is 40.0. The highest BCUT2D eigenvalue weighted by molar-refractivity contribution is 5.70. The highest BCUT2D eigenvalue weighted by Gasteiger charge is 2.16. The summed E-state index contributed by atoms with van der Waals surface area (Å²) in [5, 5.41) is 9.62. The van der Waals surface area contributed by atoms with Crippen LogP contribution < -0.4 is 0 Å². The standard InChI is InChI=1S/C50H98O5/c1-3-5-7-9-11-13-15-17-19-21-23-24-25-27-29-31-33-35-37-39-41-43-45-50(53)55-48(46-51)47-54-49(52)44-42-40-38-36-34-32-30-28-26-22-20-18-16-14-12-10-8-6-4-2/h48,51H,3-47H2,1-2H3/t48-/m0/s1. The topological polar surface area (TPSA) is 72.8 Å². The van der Waals surface area contributed by atoms with Crippen LogP contribution >= 0.6 is 0 Å². The second kappa shape index (κ2) is 47.3. The lowest BCUT2D eigenvalue weighted by molar-refractivity contribution is -0.161. The first-order valence-electron chi connectivity index (χ1n) is 25.1. The van der Waals surface area contributed by atoms with Crippen molar-refractivity contribution in [3.63, 3.8) is 0 Å². The van der Waals surface area contributed by atoms with Crippen LogP contribution in [-0.2, 0) is 19.1 Å². The molecule has 0 aromatic rings. The van der Waals surface area contributed by atoms with Gasteiger partial charge in [-0.2, -0.15) is 0 Å². The normalized spacial score (nSPS) is 12.0. The second-order valence-corrected chi connectivity index (χ2v) is 17.3. The van der Waals surface area contributed by atoms with Crippen molar-refractivity contribution in [1.29, 1.82) is 0 Å². The second-order valence-electron chi connectivity index (χ2n) is 17.3. The van der Waals surface area contributed by atoms with Crippen molar-refractivity contribution in [3.8, 4) is 0 Å². The minimum Gasteiger partial charge on any atom is -0.462 e. The average molecular weight is 779 g/mol. The van der Waals surface area contributed by atoms with E-state index in [0.29, 0.717) is 12.8 Å². The van der Waals surface area contributed by atoms with E-state index in [2.05, 4.69) is 13.8 Å². The number of carbonyl (C=O) groups excluding carboxylic acids is 2. The van der Waals surface area contributed by atoms with Crippen molar-refractivity contribution in [3.05, 3.63) is 0 Å². The Balaban J connectivity index is 3.42. The summed E-state index contributed by atoms with van der Waals surface area (Å²) >= 11 is 0. The van der Waals surface area contributed by atoms with Crippen LogP contribution in [0.1, 0.15) is 290 Å². The van der Waals surface area contributed by atoms with E-state index in [0.717, 1.165) is 32.1 Å². The van der Waals surface area contributed by atoms with Crippen LogP contribution in [0.3, 0.4) is 0 Å². The Hall–Kier alpha value is -1.10. The molecule has 0 radical (unpaired) electrons. The van der Waals surface area contributed by atoms with Gasteiger partial charge in [0.1, 0.15) is 6.61 Å². The number of hydrogen-bond donors (Lipinski definition) is 1. The predicted molar refractivity (Wildman–Crippen MR) is 238 cm³/mol. The van der Waals surface area contributed by atoms with Crippen molar-refractivity contribution in [2.45, 2.75) is 296 Å². The molecule has 0 rings (SSSR count). The number of esters is 2. The van der Waals surface area contributed by atoms with E-state index in [4.69, 9.17) is 9.47 Å². The Morgan fingerprint density at radius 1 is 0.345 bits per heavy atom. The molecule has 0 aliphatic carbocycles. The monoisotopic (exact) mass is 779 g/mol. The molecule has 0 heterocycles. The lowest BCUT2D eigenvalue weighted by Gasteiger charge is -2.15. The van der Waals surface area contributed by atoms with Gasteiger partial charge in [-0.25, -0.2) is 0 Å². The molecule has 0 bridgehead atoms. The summed E-state index contributed by atoms with van der Waals surface area (Å²) in [4.78, 5) is 24.4. The van der Waals surface area contributed by atoms with Gasteiger partial charge in [-0.05, 0) is 12.8 Å². The highest BCUT2D eigenvalue weighted by Crippen LogP contribution is 2.17. The SMILES string of the molecule is CCCCCCCCCCCCCCCCCCCCCCCCC(=O)O[C@@H](CO)COC(=O)CCCCCCCCCCCCCCCCCCCCC. The van der Waals surface area contributed by atoms with Crippen molar-refractivity contribution in [1.82, 2.24) is 0 Å². The van der Waals surface area contributed by atoms with Crippen molar-refractivity contribution in [2.24, 2.45) is 0 Å². The molecule has 5 nitrogen and oxygen atoms in total. The molecule has 0 saturated heterocycles. The van der Waals surface area contributed by atoms with E-state index in [1.54, 1.807) is 0 Å². The van der Waals surface area contributed by atoms with Gasteiger partial charge in [0.2, 0.25) is 0 Å². The number of aliphatic hydroxyl groups is 1. The summed E-state index contributed by atoms with van der Waals surface area (Å²) < 4.78 is 10.7. The van der Waals surface area contributed by atoms with Gasteiger partial charge in [0.25, 0.3) is 0 Å². The first-order chi connectivity index (χ1) is 27.1. The molecule has 0 spiro atoms. The van der Waals surface area contributed by atoms with Gasteiger partial charge in [-0.15, -0.1) is 0 Å². The maximum Gasteiger partial charge on any atom is 0.306 e. The third kappa shape index (κ3) is 45.5. The van der Waals surface area contributed by atoms with E-state index in [1.807, 2.05) is 0 Å². The third-order valence-electron chi connectivity index (χ3n) is 11.7. The van der Waals surface area contributed by atoms with E-state index in [-0.39, 0.29) is 25.2 Å². The van der Waals surface area contributed by atoms with Crippen molar-refractivity contribution >= 4 is 11.9 Å². The molecule has 0 aromatic heterocycles. The summed E-state index contributed by atoms with van der Waals surface area (Å²) in [7, 11) is 0. The molecule has 0 unspecified atom stereocenters. The van der Waals surface area contributed by atoms with Gasteiger partial charge in [0.15, 0.2) is 6.10 Å². The van der Waals surface area contributed by atoms with Crippen molar-refractivity contribution < 1.29 is 24.2 Å². The van der Waals surface area contributed by atoms with Crippen LogP contribution in [0.5, 0.6) is 0 Å². The summed E-state index contributed by atoms with van der Waals surface area (Å²) in [6.07, 6.45) is 54.8. The summed E-state index contributed by atoms with van der Waals surface area (Å²) in [6.45, 7) is 4.20. The van der Waals surface area contributed by atoms with Gasteiger partial charge in [-0.3, -0.25) is 9.59 Å². The molecule has 0 aliphatic rings. The molecule has 0 aliphatic heterocycles. The van der Waals surface area contributed by atoms with Crippen LogP contribution in [0.4, 0.5) is 0 Å². The lowest BCUT2D eigenvalue weighted by Crippen LogP contribution is -2.28. The van der Waals surface area contributed by atoms with Crippen LogP contribution in [0.25, 0.3) is 0 Å². The zero-order valence-electron chi connectivity index (χ0n) is 37.5. The van der Waals surface area contributed by atoms with Crippen molar-refractivity contribution in [2.75, 3.05) is 13.2 Å². The summed E-state index contributed by atoms with van der Waals surface area (Å²) in [6, 6.07) is 0. The Morgan fingerprint density at radius 3 is 0.800 bits per heavy atom. The minimum absolute atomic E-state index is 0.0560. The van der Waals surface area contributed by atoms with E-state index in [1.165, 1.54) is 231 Å². The Morgan fingerprint density at radius 2 is 0.564 bits per heavy atom. The van der Waals surface area contributed by atoms with Crippen LogP contribution in [0.15, 0.2) is 0 Å². The largest absolute Gasteiger partial charge is 0.462 e. The fourth-order valence-corrected chi connectivity index (χ4v) is 7.85. The molecule has 1 N–H and O–H groups in total. The maximum absolute atomic E-state index is 12.3. The zero-order valence-corrected chi connectivity index (χ0v) is 37.5. The molecular formula is C50H98O5. The first kappa shape index (κ1) is 53.9. The summed E-state index contributed by atoms with van der Waals surface area (Å²) in [5.41, 5.74) is 0. The number of hydrogen-bond acceptors (Lipinski definition) is 5. The van der Waals surface area contributed by atoms with E-state index < -0.39 is 6.10 Å². The molecule has 0 amide bonds. The molecule has 5 heteroatoms.